The van der Waals surface area contributed by atoms with Crippen LogP contribution in [0.3, 0.4) is 0 Å². The molecule has 4 nitrogen and oxygen atoms in total. The third-order valence-corrected chi connectivity index (χ3v) is 3.26. The molecule has 0 spiro atoms. The van der Waals surface area contributed by atoms with E-state index in [2.05, 4.69) is 36.2 Å². The molecule has 0 atom stereocenters. The van der Waals surface area contributed by atoms with E-state index in [9.17, 15) is 0 Å². The molecule has 0 fully saturated rings. The minimum Gasteiger partial charge on any atom is -0.494 e. The van der Waals surface area contributed by atoms with Crippen LogP contribution in [0.2, 0.25) is 0 Å². The summed E-state index contributed by atoms with van der Waals surface area (Å²) in [6.07, 6.45) is 3.70. The van der Waals surface area contributed by atoms with Crippen molar-refractivity contribution in [1.82, 2.24) is 10.2 Å². The summed E-state index contributed by atoms with van der Waals surface area (Å²) in [5.41, 5.74) is 9.18. The Hall–Kier alpha value is -1.81. The number of ether oxygens (including phenoxy) is 1. The van der Waals surface area contributed by atoms with Gasteiger partial charge in [-0.1, -0.05) is 26.0 Å². The van der Waals surface area contributed by atoms with Gasteiger partial charge in [0.2, 0.25) is 0 Å². The first-order valence-corrected chi connectivity index (χ1v) is 7.14. The van der Waals surface area contributed by atoms with Crippen LogP contribution in [-0.2, 0) is 6.42 Å². The van der Waals surface area contributed by atoms with Gasteiger partial charge in [-0.3, -0.25) is 5.10 Å². The molecule has 0 aliphatic carbocycles. The third kappa shape index (κ3) is 3.84. The third-order valence-electron chi connectivity index (χ3n) is 3.26. The molecule has 20 heavy (non-hydrogen) atoms. The zero-order valence-corrected chi connectivity index (χ0v) is 12.2. The SMILES string of the molecule is CC(C)c1[nH]ncc1Cc1ccc(OCCCN)cc1. The fourth-order valence-corrected chi connectivity index (χ4v) is 2.16. The number of nitrogens with one attached hydrogen (secondary N) is 1. The Morgan fingerprint density at radius 3 is 2.65 bits per heavy atom. The lowest BCUT2D eigenvalue weighted by atomic mass is 10.0. The minimum absolute atomic E-state index is 0.464. The lowest BCUT2D eigenvalue weighted by Crippen LogP contribution is -2.06. The number of hydrogen-bond donors (Lipinski definition) is 2. The molecule has 0 aliphatic rings. The van der Waals surface area contributed by atoms with Crippen LogP contribution in [-0.4, -0.2) is 23.3 Å². The van der Waals surface area contributed by atoms with Gasteiger partial charge in [-0.15, -0.1) is 0 Å². The summed E-state index contributed by atoms with van der Waals surface area (Å²) in [5.74, 6) is 1.37. The summed E-state index contributed by atoms with van der Waals surface area (Å²) in [4.78, 5) is 0. The number of aromatic nitrogens is 2. The molecule has 0 saturated carbocycles. The number of aromatic amines is 1. The number of benzene rings is 1. The molecule has 4 heteroatoms. The molecule has 0 saturated heterocycles. The zero-order valence-electron chi connectivity index (χ0n) is 12.2. The first kappa shape index (κ1) is 14.6. The molecule has 1 aromatic heterocycles. The average Bonchev–Trinajstić information content (AvgIpc) is 2.89. The standard InChI is InChI=1S/C16H23N3O/c1-12(2)16-14(11-18-19-16)10-13-4-6-15(7-5-13)20-9-3-8-17/h4-7,11-12H,3,8-10,17H2,1-2H3,(H,18,19). The summed E-state index contributed by atoms with van der Waals surface area (Å²) < 4.78 is 5.60. The van der Waals surface area contributed by atoms with Crippen molar-refractivity contribution in [1.29, 1.82) is 0 Å². The van der Waals surface area contributed by atoms with E-state index < -0.39 is 0 Å². The Morgan fingerprint density at radius 1 is 1.25 bits per heavy atom. The maximum atomic E-state index is 5.60. The van der Waals surface area contributed by atoms with Crippen LogP contribution in [0.5, 0.6) is 5.75 Å². The second-order valence-corrected chi connectivity index (χ2v) is 5.28. The molecule has 0 bridgehead atoms. The highest BCUT2D eigenvalue weighted by Crippen LogP contribution is 2.20. The largest absolute Gasteiger partial charge is 0.494 e. The molecular formula is C16H23N3O. The summed E-state index contributed by atoms with van der Waals surface area (Å²) >= 11 is 0. The molecular weight excluding hydrogens is 250 g/mol. The monoisotopic (exact) mass is 273 g/mol. The number of nitrogens with two attached hydrogens (primary N) is 1. The van der Waals surface area contributed by atoms with Gasteiger partial charge in [0.05, 0.1) is 12.8 Å². The second-order valence-electron chi connectivity index (χ2n) is 5.28. The van der Waals surface area contributed by atoms with Crippen molar-refractivity contribution in [3.05, 3.63) is 47.3 Å². The van der Waals surface area contributed by atoms with E-state index in [1.807, 2.05) is 18.3 Å². The molecule has 0 radical (unpaired) electrons. The van der Waals surface area contributed by atoms with Crippen molar-refractivity contribution in [3.8, 4) is 5.75 Å². The van der Waals surface area contributed by atoms with Crippen molar-refractivity contribution in [2.45, 2.75) is 32.6 Å². The van der Waals surface area contributed by atoms with Crippen LogP contribution >= 0.6 is 0 Å². The smallest absolute Gasteiger partial charge is 0.119 e. The van der Waals surface area contributed by atoms with Crippen LogP contribution in [0.25, 0.3) is 0 Å². The Balaban J connectivity index is 1.98. The van der Waals surface area contributed by atoms with E-state index in [0.29, 0.717) is 19.1 Å². The van der Waals surface area contributed by atoms with E-state index >= 15 is 0 Å². The molecule has 3 N–H and O–H groups in total. The molecule has 108 valence electrons. The molecule has 2 aromatic rings. The molecule has 0 aliphatic heterocycles. The topological polar surface area (TPSA) is 63.9 Å². The Bertz CT molecular complexity index is 517. The zero-order chi connectivity index (χ0) is 14.4. The van der Waals surface area contributed by atoms with Crippen LogP contribution in [0.4, 0.5) is 0 Å². The van der Waals surface area contributed by atoms with Crippen molar-refractivity contribution in [2.75, 3.05) is 13.2 Å². The lowest BCUT2D eigenvalue weighted by molar-refractivity contribution is 0.313. The maximum Gasteiger partial charge on any atom is 0.119 e. The van der Waals surface area contributed by atoms with E-state index in [0.717, 1.165) is 18.6 Å². The quantitative estimate of drug-likeness (QED) is 0.762. The fraction of sp³-hybridized carbons (Fsp3) is 0.438. The lowest BCUT2D eigenvalue weighted by Gasteiger charge is -2.08. The average molecular weight is 273 g/mol. The predicted molar refractivity (Wildman–Crippen MR) is 81.1 cm³/mol. The van der Waals surface area contributed by atoms with Crippen molar-refractivity contribution >= 4 is 0 Å². The van der Waals surface area contributed by atoms with Crippen LogP contribution in [0.15, 0.2) is 30.5 Å². The van der Waals surface area contributed by atoms with Crippen LogP contribution in [0, 0.1) is 0 Å². The molecule has 0 unspecified atom stereocenters. The maximum absolute atomic E-state index is 5.60. The Kier molecular flexibility index (Phi) is 5.18. The normalized spacial score (nSPS) is 11.0. The van der Waals surface area contributed by atoms with E-state index in [4.69, 9.17) is 10.5 Å². The van der Waals surface area contributed by atoms with Gasteiger partial charge in [-0.2, -0.15) is 5.10 Å². The number of H-pyrrole nitrogens is 1. The second kappa shape index (κ2) is 7.10. The van der Waals surface area contributed by atoms with Gasteiger partial charge in [0.15, 0.2) is 0 Å². The van der Waals surface area contributed by atoms with Crippen LogP contribution < -0.4 is 10.5 Å². The number of rotatable bonds is 7. The van der Waals surface area contributed by atoms with E-state index in [1.165, 1.54) is 16.8 Å². The van der Waals surface area contributed by atoms with Crippen molar-refractivity contribution in [2.24, 2.45) is 5.73 Å². The van der Waals surface area contributed by atoms with Gasteiger partial charge >= 0.3 is 0 Å². The van der Waals surface area contributed by atoms with Gasteiger partial charge in [-0.05, 0) is 42.1 Å². The summed E-state index contributed by atoms with van der Waals surface area (Å²) in [6.45, 7) is 5.68. The predicted octanol–water partition coefficient (Wildman–Crippen LogP) is 2.85. The highest BCUT2D eigenvalue weighted by molar-refractivity contribution is 5.32. The summed E-state index contributed by atoms with van der Waals surface area (Å²) in [6, 6.07) is 8.24. The summed E-state index contributed by atoms with van der Waals surface area (Å²) in [5, 5.41) is 7.23. The van der Waals surface area contributed by atoms with Crippen molar-refractivity contribution in [3.63, 3.8) is 0 Å². The van der Waals surface area contributed by atoms with Gasteiger partial charge in [0.25, 0.3) is 0 Å². The Morgan fingerprint density at radius 2 is 2.00 bits per heavy atom. The molecule has 0 amide bonds. The van der Waals surface area contributed by atoms with Gasteiger partial charge in [0, 0.05) is 12.1 Å². The van der Waals surface area contributed by atoms with Crippen LogP contribution in [0.1, 0.15) is 43.0 Å². The summed E-state index contributed by atoms with van der Waals surface area (Å²) in [7, 11) is 0. The molecule has 1 heterocycles. The number of nitrogens with zero attached hydrogens (tertiary/aromatic N) is 1. The van der Waals surface area contributed by atoms with E-state index in [-0.39, 0.29) is 0 Å². The van der Waals surface area contributed by atoms with Gasteiger partial charge < -0.3 is 10.5 Å². The van der Waals surface area contributed by atoms with E-state index in [1.54, 1.807) is 0 Å². The highest BCUT2D eigenvalue weighted by Gasteiger charge is 2.09. The Labute approximate surface area is 120 Å². The first-order chi connectivity index (χ1) is 9.70. The highest BCUT2D eigenvalue weighted by atomic mass is 16.5. The van der Waals surface area contributed by atoms with Crippen molar-refractivity contribution < 1.29 is 4.74 Å². The molecule has 2 rings (SSSR count). The number of hydrogen-bond acceptors (Lipinski definition) is 3. The molecule has 1 aromatic carbocycles. The fourth-order valence-electron chi connectivity index (χ4n) is 2.16. The minimum atomic E-state index is 0.464. The van der Waals surface area contributed by atoms with Gasteiger partial charge in [-0.25, -0.2) is 0 Å². The van der Waals surface area contributed by atoms with Gasteiger partial charge in [0.1, 0.15) is 5.75 Å². The first-order valence-electron chi connectivity index (χ1n) is 7.14.